The number of halogens is 1. The van der Waals surface area contributed by atoms with E-state index < -0.39 is 17.7 Å². The summed E-state index contributed by atoms with van der Waals surface area (Å²) in [6.07, 6.45) is 2.94. The third-order valence-electron chi connectivity index (χ3n) is 2.63. The zero-order valence-corrected chi connectivity index (χ0v) is 8.40. The summed E-state index contributed by atoms with van der Waals surface area (Å²) in [5.74, 6) is -3.06. The smallest absolute Gasteiger partial charge is 0.339 e. The van der Waals surface area contributed by atoms with Gasteiger partial charge in [0.15, 0.2) is 5.82 Å². The summed E-state index contributed by atoms with van der Waals surface area (Å²) in [6.45, 7) is 0. The van der Waals surface area contributed by atoms with E-state index >= 15 is 0 Å². The first-order valence-electron chi connectivity index (χ1n) is 4.97. The number of hydrogen-bond donors (Lipinski definition) is 3. The van der Waals surface area contributed by atoms with Crippen LogP contribution in [0.2, 0.25) is 0 Å². The van der Waals surface area contributed by atoms with Gasteiger partial charge in [-0.15, -0.1) is 0 Å². The Morgan fingerprint density at radius 3 is 2.75 bits per heavy atom. The van der Waals surface area contributed by atoms with Crippen LogP contribution in [0.5, 0.6) is 5.88 Å². The maximum Gasteiger partial charge on any atom is 0.339 e. The van der Waals surface area contributed by atoms with Gasteiger partial charge in [-0.05, 0) is 25.3 Å². The molecule has 3 N–H and O–H groups in total. The minimum Gasteiger partial charge on any atom is -0.491 e. The van der Waals surface area contributed by atoms with Gasteiger partial charge in [0.25, 0.3) is 0 Å². The number of carbonyl (C=O) groups is 1. The van der Waals surface area contributed by atoms with Crippen molar-refractivity contribution in [1.29, 1.82) is 0 Å². The Kier molecular flexibility index (Phi) is 2.64. The van der Waals surface area contributed by atoms with E-state index in [9.17, 15) is 9.18 Å². The normalized spacial score (nSPS) is 15.6. The van der Waals surface area contributed by atoms with Crippen molar-refractivity contribution in [2.24, 2.45) is 0 Å². The summed E-state index contributed by atoms with van der Waals surface area (Å²) in [5, 5.41) is 20.8. The van der Waals surface area contributed by atoms with Crippen LogP contribution in [0.4, 0.5) is 10.2 Å². The Labute approximate surface area is 90.9 Å². The SMILES string of the molecule is O=C(O)c1cc(F)c(O)nc1NC1CCC1. The molecule has 1 heterocycles. The summed E-state index contributed by atoms with van der Waals surface area (Å²) >= 11 is 0. The Morgan fingerprint density at radius 2 is 2.25 bits per heavy atom. The standard InChI is InChI=1S/C10H11FN2O3/c11-7-4-6(10(15)16)8(13-9(7)14)12-5-2-1-3-5/h4-5H,1-3H2,(H,15,16)(H2,12,13,14). The molecule has 86 valence electrons. The molecule has 0 radical (unpaired) electrons. The van der Waals surface area contributed by atoms with Gasteiger partial charge in [-0.2, -0.15) is 4.98 Å². The molecule has 1 saturated carbocycles. The topological polar surface area (TPSA) is 82.5 Å². The van der Waals surface area contributed by atoms with Crippen LogP contribution in [0, 0.1) is 5.82 Å². The van der Waals surface area contributed by atoms with E-state index in [0.29, 0.717) is 0 Å². The molecule has 1 aromatic heterocycles. The van der Waals surface area contributed by atoms with E-state index in [-0.39, 0.29) is 17.4 Å². The van der Waals surface area contributed by atoms with Crippen LogP contribution in [0.15, 0.2) is 6.07 Å². The highest BCUT2D eigenvalue weighted by Crippen LogP contribution is 2.26. The number of pyridine rings is 1. The Morgan fingerprint density at radius 1 is 1.56 bits per heavy atom. The summed E-state index contributed by atoms with van der Waals surface area (Å²) in [7, 11) is 0. The zero-order chi connectivity index (χ0) is 11.7. The molecule has 1 fully saturated rings. The third kappa shape index (κ3) is 1.91. The molecule has 0 spiro atoms. The molecule has 0 amide bonds. The second-order valence-corrected chi connectivity index (χ2v) is 3.77. The molecule has 0 bridgehead atoms. The summed E-state index contributed by atoms with van der Waals surface area (Å²) in [6, 6.07) is 0.932. The van der Waals surface area contributed by atoms with Gasteiger partial charge in [0, 0.05) is 6.04 Å². The summed E-state index contributed by atoms with van der Waals surface area (Å²) < 4.78 is 12.9. The first-order chi connectivity index (χ1) is 7.58. The maximum absolute atomic E-state index is 12.9. The number of rotatable bonds is 3. The van der Waals surface area contributed by atoms with Crippen molar-refractivity contribution in [2.45, 2.75) is 25.3 Å². The van der Waals surface area contributed by atoms with Crippen LogP contribution in [0.1, 0.15) is 29.6 Å². The van der Waals surface area contributed by atoms with Crippen molar-refractivity contribution >= 4 is 11.8 Å². The number of aromatic carboxylic acids is 1. The lowest BCUT2D eigenvalue weighted by molar-refractivity contribution is 0.0697. The van der Waals surface area contributed by atoms with Crippen LogP contribution >= 0.6 is 0 Å². The molecule has 1 aliphatic carbocycles. The Bertz CT molecular complexity index is 432. The highest BCUT2D eigenvalue weighted by Gasteiger charge is 2.22. The molecule has 5 nitrogen and oxygen atoms in total. The molecular weight excluding hydrogens is 215 g/mol. The van der Waals surface area contributed by atoms with Gasteiger partial charge in [0.05, 0.1) is 0 Å². The Hall–Kier alpha value is -1.85. The zero-order valence-electron chi connectivity index (χ0n) is 8.40. The first kappa shape index (κ1) is 10.7. The number of aromatic nitrogens is 1. The van der Waals surface area contributed by atoms with Gasteiger partial charge in [-0.3, -0.25) is 0 Å². The highest BCUT2D eigenvalue weighted by molar-refractivity contribution is 5.93. The lowest BCUT2D eigenvalue weighted by atomic mass is 9.93. The maximum atomic E-state index is 12.9. The molecule has 16 heavy (non-hydrogen) atoms. The van der Waals surface area contributed by atoms with Crippen LogP contribution in [-0.2, 0) is 0 Å². The molecule has 0 saturated heterocycles. The number of hydrogen-bond acceptors (Lipinski definition) is 4. The fraction of sp³-hybridized carbons (Fsp3) is 0.400. The monoisotopic (exact) mass is 226 g/mol. The number of anilines is 1. The summed E-state index contributed by atoms with van der Waals surface area (Å²) in [4.78, 5) is 14.3. The minimum atomic E-state index is -1.27. The first-order valence-corrected chi connectivity index (χ1v) is 4.97. The predicted octanol–water partition coefficient (Wildman–Crippen LogP) is 1.59. The molecule has 0 aliphatic heterocycles. The van der Waals surface area contributed by atoms with E-state index in [2.05, 4.69) is 10.3 Å². The van der Waals surface area contributed by atoms with Crippen LogP contribution in [0.3, 0.4) is 0 Å². The van der Waals surface area contributed by atoms with Crippen LogP contribution < -0.4 is 5.32 Å². The van der Waals surface area contributed by atoms with Crippen molar-refractivity contribution in [1.82, 2.24) is 4.98 Å². The second-order valence-electron chi connectivity index (χ2n) is 3.77. The van der Waals surface area contributed by atoms with Gasteiger partial charge < -0.3 is 15.5 Å². The van der Waals surface area contributed by atoms with E-state index in [0.717, 1.165) is 25.3 Å². The van der Waals surface area contributed by atoms with Gasteiger partial charge in [-0.25, -0.2) is 9.18 Å². The van der Waals surface area contributed by atoms with Gasteiger partial charge in [0.2, 0.25) is 5.88 Å². The molecular formula is C10H11FN2O3. The molecule has 1 aliphatic rings. The summed E-state index contributed by atoms with van der Waals surface area (Å²) in [5.41, 5.74) is -0.262. The lowest BCUT2D eigenvalue weighted by Crippen LogP contribution is -2.28. The lowest BCUT2D eigenvalue weighted by Gasteiger charge is -2.27. The number of aromatic hydroxyl groups is 1. The fourth-order valence-corrected chi connectivity index (χ4v) is 1.50. The average molecular weight is 226 g/mol. The number of carboxylic acids is 1. The minimum absolute atomic E-state index is 0.0242. The average Bonchev–Trinajstić information content (AvgIpc) is 2.16. The number of nitrogens with one attached hydrogen (secondary N) is 1. The Balaban J connectivity index is 2.32. The predicted molar refractivity (Wildman–Crippen MR) is 54.1 cm³/mol. The molecule has 2 rings (SSSR count). The van der Waals surface area contributed by atoms with E-state index in [4.69, 9.17) is 10.2 Å². The molecule has 0 unspecified atom stereocenters. The van der Waals surface area contributed by atoms with E-state index in [1.165, 1.54) is 0 Å². The third-order valence-corrected chi connectivity index (χ3v) is 2.63. The van der Waals surface area contributed by atoms with Crippen molar-refractivity contribution in [3.05, 3.63) is 17.4 Å². The molecule has 6 heteroatoms. The van der Waals surface area contributed by atoms with Crippen molar-refractivity contribution in [3.63, 3.8) is 0 Å². The largest absolute Gasteiger partial charge is 0.491 e. The number of carboxylic acid groups (broad SMARTS) is 1. The fourth-order valence-electron chi connectivity index (χ4n) is 1.50. The van der Waals surface area contributed by atoms with Crippen molar-refractivity contribution in [3.8, 4) is 5.88 Å². The molecule has 1 aromatic rings. The molecule has 0 aromatic carbocycles. The van der Waals surface area contributed by atoms with Crippen LogP contribution in [-0.4, -0.2) is 27.2 Å². The van der Waals surface area contributed by atoms with Gasteiger partial charge >= 0.3 is 5.97 Å². The van der Waals surface area contributed by atoms with E-state index in [1.807, 2.05) is 0 Å². The van der Waals surface area contributed by atoms with Crippen molar-refractivity contribution < 1.29 is 19.4 Å². The van der Waals surface area contributed by atoms with E-state index in [1.54, 1.807) is 0 Å². The highest BCUT2D eigenvalue weighted by atomic mass is 19.1. The van der Waals surface area contributed by atoms with Gasteiger partial charge in [0.1, 0.15) is 11.4 Å². The molecule has 0 atom stereocenters. The second kappa shape index (κ2) is 3.96. The van der Waals surface area contributed by atoms with Crippen LogP contribution in [0.25, 0.3) is 0 Å². The van der Waals surface area contributed by atoms with Crippen molar-refractivity contribution in [2.75, 3.05) is 5.32 Å². The van der Waals surface area contributed by atoms with Gasteiger partial charge in [-0.1, -0.05) is 0 Å². The number of nitrogens with zero attached hydrogens (tertiary/aromatic N) is 1. The quantitative estimate of drug-likeness (QED) is 0.729.